The van der Waals surface area contributed by atoms with Crippen LogP contribution in [0.4, 0.5) is 19.0 Å². The summed E-state index contributed by atoms with van der Waals surface area (Å²) in [4.78, 5) is 14.7. The molecule has 3 aromatic rings. The number of benzene rings is 2. The van der Waals surface area contributed by atoms with E-state index in [0.717, 1.165) is 5.56 Å². The molecule has 210 valence electrons. The molecule has 2 aromatic carbocycles. The van der Waals surface area contributed by atoms with Gasteiger partial charge in [-0.3, -0.25) is 4.79 Å². The minimum atomic E-state index is -2.68. The first kappa shape index (κ1) is 28.6. The Kier molecular flexibility index (Phi) is 8.60. The summed E-state index contributed by atoms with van der Waals surface area (Å²) in [7, 11) is 3.04. The number of carbonyl (C=O) groups excluding carboxylic acids is 1. The second-order valence-electron chi connectivity index (χ2n) is 9.55. The summed E-state index contributed by atoms with van der Waals surface area (Å²) < 4.78 is 55.4. The lowest BCUT2D eigenvalue weighted by Crippen LogP contribution is -2.52. The average molecular weight is 566 g/mol. The number of nitrogens with one attached hydrogen (secondary N) is 2. The van der Waals surface area contributed by atoms with Crippen molar-refractivity contribution in [2.24, 2.45) is 0 Å². The van der Waals surface area contributed by atoms with E-state index in [0.29, 0.717) is 37.0 Å². The molecule has 3 heterocycles. The van der Waals surface area contributed by atoms with Gasteiger partial charge in [0.2, 0.25) is 0 Å². The van der Waals surface area contributed by atoms with Crippen LogP contribution in [0, 0.1) is 5.82 Å². The van der Waals surface area contributed by atoms with Crippen LogP contribution in [-0.2, 0) is 0 Å². The van der Waals surface area contributed by atoms with Crippen LogP contribution in [0.5, 0.6) is 11.5 Å². The van der Waals surface area contributed by atoms with Gasteiger partial charge in [-0.15, -0.1) is 12.4 Å². The highest BCUT2D eigenvalue weighted by atomic mass is 35.5. The molecule has 3 atom stereocenters. The monoisotopic (exact) mass is 565 g/mol. The lowest BCUT2D eigenvalue weighted by Gasteiger charge is -2.34. The van der Waals surface area contributed by atoms with Gasteiger partial charge in [-0.1, -0.05) is 6.07 Å². The van der Waals surface area contributed by atoms with E-state index in [1.807, 2.05) is 6.92 Å². The molecule has 3 unspecified atom stereocenters. The van der Waals surface area contributed by atoms with Crippen molar-refractivity contribution >= 4 is 24.1 Å². The summed E-state index contributed by atoms with van der Waals surface area (Å²) in [6.45, 7) is 3.83. The van der Waals surface area contributed by atoms with Gasteiger partial charge in [0.15, 0.2) is 11.5 Å². The fourth-order valence-electron chi connectivity index (χ4n) is 5.13. The number of hydrogen-bond donors (Lipinski definition) is 2. The Bertz CT molecular complexity index is 1340. The van der Waals surface area contributed by atoms with Crippen molar-refractivity contribution in [2.75, 3.05) is 39.2 Å². The van der Waals surface area contributed by atoms with E-state index in [1.54, 1.807) is 35.2 Å². The van der Waals surface area contributed by atoms with Crippen LogP contribution >= 0.6 is 12.4 Å². The first-order valence-electron chi connectivity index (χ1n) is 12.5. The van der Waals surface area contributed by atoms with Gasteiger partial charge in [0.05, 0.1) is 26.0 Å². The topological polar surface area (TPSA) is 80.7 Å². The molecule has 1 amide bonds. The Morgan fingerprint density at radius 1 is 1.10 bits per heavy atom. The zero-order valence-electron chi connectivity index (χ0n) is 21.8. The number of ether oxygens (including phenoxy) is 2. The highest BCUT2D eigenvalue weighted by Gasteiger charge is 2.35. The molecular weight excluding hydrogens is 535 g/mol. The lowest BCUT2D eigenvalue weighted by molar-refractivity contribution is 0.0651. The van der Waals surface area contributed by atoms with Crippen molar-refractivity contribution in [1.29, 1.82) is 0 Å². The molecule has 0 radical (unpaired) electrons. The molecule has 0 saturated carbocycles. The molecule has 0 bridgehead atoms. The van der Waals surface area contributed by atoms with Crippen molar-refractivity contribution in [1.82, 2.24) is 20.0 Å². The Labute approximate surface area is 230 Å². The van der Waals surface area contributed by atoms with E-state index in [9.17, 15) is 13.6 Å². The number of alkyl halides is 2. The normalized spacial score (nSPS) is 20.6. The molecule has 5 rings (SSSR count). The summed E-state index contributed by atoms with van der Waals surface area (Å²) in [5.74, 6) is 0.496. The maximum atomic E-state index is 15.3. The number of methoxy groups -OCH3 is 2. The van der Waals surface area contributed by atoms with Gasteiger partial charge >= 0.3 is 0 Å². The van der Waals surface area contributed by atoms with Gasteiger partial charge in [0.25, 0.3) is 12.3 Å². The number of aromatic nitrogens is 2. The Morgan fingerprint density at radius 3 is 2.54 bits per heavy atom. The minimum absolute atomic E-state index is 0. The molecule has 1 aromatic heterocycles. The zero-order valence-corrected chi connectivity index (χ0v) is 22.6. The summed E-state index contributed by atoms with van der Waals surface area (Å²) in [5.41, 5.74) is 1.33. The fraction of sp³-hybridized carbons (Fsp3) is 0.407. The van der Waals surface area contributed by atoms with Crippen LogP contribution < -0.4 is 20.1 Å². The average Bonchev–Trinajstić information content (AvgIpc) is 3.35. The largest absolute Gasteiger partial charge is 0.493 e. The van der Waals surface area contributed by atoms with Gasteiger partial charge in [-0.05, 0) is 49.2 Å². The van der Waals surface area contributed by atoms with Crippen molar-refractivity contribution < 1.29 is 27.4 Å². The van der Waals surface area contributed by atoms with E-state index in [2.05, 4.69) is 15.7 Å². The van der Waals surface area contributed by atoms with E-state index < -0.39 is 24.3 Å². The zero-order chi connectivity index (χ0) is 27.0. The standard InChI is InChI=1S/C27H30F3N5O3.ClH/c1-15-14-31-8-9-34(15)27(36)17-4-6-18(19(28)10-17)21-13-25-32-20(12-22(26(29)30)35(25)33-21)16-5-7-23(37-2)24(11-16)38-3;/h4-7,10-11,13,15,20,22,26,31-32H,8-9,12,14H2,1-3H3;1H. The van der Waals surface area contributed by atoms with Crippen LogP contribution in [-0.4, -0.2) is 66.9 Å². The van der Waals surface area contributed by atoms with E-state index in [1.165, 1.54) is 31.0 Å². The van der Waals surface area contributed by atoms with Crippen molar-refractivity contribution in [2.45, 2.75) is 37.9 Å². The van der Waals surface area contributed by atoms with Crippen LogP contribution in [0.2, 0.25) is 0 Å². The van der Waals surface area contributed by atoms with Gasteiger partial charge < -0.3 is 25.0 Å². The van der Waals surface area contributed by atoms with Gasteiger partial charge in [-0.25, -0.2) is 17.9 Å². The molecule has 0 spiro atoms. The number of amides is 1. The van der Waals surface area contributed by atoms with Crippen molar-refractivity contribution in [3.05, 3.63) is 59.4 Å². The smallest absolute Gasteiger partial charge is 0.260 e. The number of rotatable bonds is 6. The number of hydrogen-bond acceptors (Lipinski definition) is 6. The third-order valence-corrected chi connectivity index (χ3v) is 7.20. The molecular formula is C27H31ClF3N5O3. The molecule has 8 nitrogen and oxygen atoms in total. The Morgan fingerprint density at radius 2 is 1.87 bits per heavy atom. The summed E-state index contributed by atoms with van der Waals surface area (Å²) in [6, 6.07) is 9.39. The highest BCUT2D eigenvalue weighted by molar-refractivity contribution is 5.95. The third kappa shape index (κ3) is 5.51. The molecule has 2 aliphatic rings. The number of fused-ring (bicyclic) bond motifs is 1. The maximum Gasteiger partial charge on any atom is 0.260 e. The number of carbonyl (C=O) groups is 1. The highest BCUT2D eigenvalue weighted by Crippen LogP contribution is 2.41. The van der Waals surface area contributed by atoms with Crippen molar-refractivity contribution in [3.63, 3.8) is 0 Å². The number of piperazine rings is 1. The Balaban J connectivity index is 0.00000353. The summed E-state index contributed by atoms with van der Waals surface area (Å²) >= 11 is 0. The minimum Gasteiger partial charge on any atom is -0.493 e. The van der Waals surface area contributed by atoms with Gasteiger partial charge in [-0.2, -0.15) is 5.10 Å². The predicted octanol–water partition coefficient (Wildman–Crippen LogP) is 4.93. The SMILES string of the molecule is COc1ccc(C2CC(C(F)F)n3nc(-c4ccc(C(=O)N5CCNCC5C)cc4F)cc3N2)cc1OC.Cl. The van der Waals surface area contributed by atoms with Crippen LogP contribution in [0.1, 0.15) is 41.3 Å². The number of halogens is 4. The molecule has 39 heavy (non-hydrogen) atoms. The van der Waals surface area contributed by atoms with E-state index in [4.69, 9.17) is 9.47 Å². The third-order valence-electron chi connectivity index (χ3n) is 7.20. The van der Waals surface area contributed by atoms with Gasteiger partial charge in [0, 0.05) is 42.9 Å². The first-order valence-corrected chi connectivity index (χ1v) is 12.5. The molecule has 2 N–H and O–H groups in total. The summed E-state index contributed by atoms with van der Waals surface area (Å²) in [5, 5.41) is 10.8. The number of anilines is 1. The molecule has 1 saturated heterocycles. The summed E-state index contributed by atoms with van der Waals surface area (Å²) in [6.07, 6.45) is -2.61. The van der Waals surface area contributed by atoms with Crippen molar-refractivity contribution in [3.8, 4) is 22.8 Å². The molecule has 0 aliphatic carbocycles. The van der Waals surface area contributed by atoms with Crippen LogP contribution in [0.3, 0.4) is 0 Å². The second-order valence-corrected chi connectivity index (χ2v) is 9.55. The molecule has 12 heteroatoms. The quantitative estimate of drug-likeness (QED) is 0.441. The molecule has 1 fully saturated rings. The maximum absolute atomic E-state index is 15.3. The van der Waals surface area contributed by atoms with Gasteiger partial charge in [0.1, 0.15) is 17.7 Å². The van der Waals surface area contributed by atoms with E-state index in [-0.39, 0.29) is 47.6 Å². The number of nitrogens with zero attached hydrogens (tertiary/aromatic N) is 3. The first-order chi connectivity index (χ1) is 18.3. The lowest BCUT2D eigenvalue weighted by atomic mass is 9.97. The Hall–Kier alpha value is -3.44. The fourth-order valence-corrected chi connectivity index (χ4v) is 5.13. The van der Waals surface area contributed by atoms with Crippen LogP contribution in [0.15, 0.2) is 42.5 Å². The predicted molar refractivity (Wildman–Crippen MR) is 144 cm³/mol. The molecule has 2 aliphatic heterocycles. The van der Waals surface area contributed by atoms with Crippen LogP contribution in [0.25, 0.3) is 11.3 Å². The second kappa shape index (κ2) is 11.7. The van der Waals surface area contributed by atoms with E-state index >= 15 is 4.39 Å².